The summed E-state index contributed by atoms with van der Waals surface area (Å²) in [6.07, 6.45) is 41.4. The molecule has 41 heteroatoms. The van der Waals surface area contributed by atoms with Crippen LogP contribution in [0, 0.1) is 85.9 Å². The molecular weight excluding hydrogens is 1940 g/mol. The highest BCUT2D eigenvalue weighted by molar-refractivity contribution is 6.09. The average Bonchev–Trinajstić information content (AvgIpc) is 1.55. The van der Waals surface area contributed by atoms with Gasteiger partial charge in [0.15, 0.2) is 89.1 Å². The number of aliphatic carboxylic acids is 1. The quantitative estimate of drug-likeness (QED) is 0.0414. The van der Waals surface area contributed by atoms with Gasteiger partial charge in [-0.3, -0.25) is 72.4 Å². The van der Waals surface area contributed by atoms with Gasteiger partial charge in [-0.05, 0) is 118 Å². The fourth-order valence-corrected chi connectivity index (χ4v) is 21.4. The third-order valence-electron chi connectivity index (χ3n) is 29.3. The highest BCUT2D eigenvalue weighted by atomic mass is 16.8. The van der Waals surface area contributed by atoms with Crippen molar-refractivity contribution in [2.75, 3.05) is 26.4 Å². The van der Waals surface area contributed by atoms with Crippen molar-refractivity contribution in [3.63, 3.8) is 0 Å². The highest BCUT2D eigenvalue weighted by Gasteiger charge is 2.77. The fourth-order valence-electron chi connectivity index (χ4n) is 21.4. The zero-order valence-electron chi connectivity index (χ0n) is 81.7. The van der Waals surface area contributed by atoms with E-state index in [1.807, 2.05) is 33.6 Å². The number of benzene rings is 3. The van der Waals surface area contributed by atoms with Crippen LogP contribution in [0.2, 0.25) is 0 Å². The predicted octanol–water partition coefficient (Wildman–Crippen LogP) is 3.57. The van der Waals surface area contributed by atoms with Crippen molar-refractivity contribution in [1.82, 2.24) is 24.5 Å². The van der Waals surface area contributed by atoms with Gasteiger partial charge in [-0.2, -0.15) is 0 Å². The number of allylic oxidation sites excluding steroid dienone is 5. The molecule has 17 aliphatic rings. The smallest absolute Gasteiger partial charge is 0.340 e. The maximum absolute atomic E-state index is 12.7. The molecule has 41 nitrogen and oxygen atoms in total. The number of fused-ring (bicyclic) bond motifs is 3. The lowest BCUT2D eigenvalue weighted by molar-refractivity contribution is -0.254. The minimum Gasteiger partial charge on any atom is -0.479 e. The number of carboxylic acids is 1. The lowest BCUT2D eigenvalue weighted by Gasteiger charge is -2.37. The molecule has 14 aliphatic heterocycles. The lowest BCUT2D eigenvalue weighted by atomic mass is 9.85. The van der Waals surface area contributed by atoms with Gasteiger partial charge in [-0.1, -0.05) is 118 Å². The molecule has 0 bridgehead atoms. The zero-order chi connectivity index (χ0) is 107. The van der Waals surface area contributed by atoms with Gasteiger partial charge in [0.05, 0.1) is 87.4 Å². The molecule has 0 radical (unpaired) electrons. The number of carbonyl (C=O) groups is 14. The SMILES string of the molecule is C#C[C@@]1(O)[C@H](O)[C@@H](CO)O[C@H]1N1C=CC(=O)CC1=O.C#C[C@@]1(OC(=O)c2ccccc2)[C@H](C)[C@@H](CC)O[C@H]1N1C=CC(=O)CC1=O.C#C[C@@]12OC3(CCCC3)O[C@@H]1C(CO)(CO)O[C@H]2N1C=CC(=O)CC1=O.C#C[C@@]12OC3(CCCC3)O[C@@H]1[C@@H](C(=O)O)O[C@H]2N1C=CC(=O)CC1=O.C#C[C@@]12OC3(CCCC3)O[C@@H]1[C@@H](CO)O[C@H]2N1C=CC(=O)CC1=O.C#C[C@]1(OC(=O)c2ccccc2)C(OC(=O)c2ccccc2)O[C@H](CC)[C@H]1C. The van der Waals surface area contributed by atoms with E-state index in [0.29, 0.717) is 55.2 Å². The Hall–Kier alpha value is -13.4. The maximum atomic E-state index is 12.7. The second-order valence-electron chi connectivity index (χ2n) is 38.4. The summed E-state index contributed by atoms with van der Waals surface area (Å²) in [5.74, 6) is 4.49. The standard InChI is InChI=1S/C23H22O5.C21H21NO5.C18H21NO7.C17H17NO7.C17H19NO6.C12H13NO6/c1-4-19-16(3)23(5-2,28-21(25)18-14-10-7-11-15-18)22(26-19)27-20(24)17-12-8-6-9-13-17;1-4-17-14(3)21(5-2,27-19(25)15-9-7-6-8-10-15)20(26-17)22-12-11-16(23)13-18(22)24;1-2-18-14(24-17(26-18)6-3-4-7-17)16(10-20,11-21)25-15(18)19-8-5-12(22)9-13(19)23;1-2-17-13(24-16(25-17)6-3-4-7-16)12(14(21)22)23-15(17)18-8-5-10(19)9-11(18)20;1-2-17-14(23-16(24-17)6-3-4-7-16)12(10-19)22-15(17)18-8-5-11(20)9-13(18)21;1-2-12(18)10(17)8(6-14)19-11(12)13-4-3-7(15)5-9(13)16/h2,6-16,19,22H,4H2,1,3H3;2,6-12,14,17,20H,4,13H2,1,3H3;1,5,8,14-15,20-21H,3-4,6-7,9-11H2;1,5,8,12-13,15H,3-4,6-7,9H2,(H,21,22);1,5,8,12,14-15,19H,3-4,6-7,9-10H2;1,3-4,8,10-11,14,17-18H,5-6H2/t16-,19-,22?,23-;14-,17-,20-,21-;14-,15-,18-;12-,13+,15+,17+;12-,14-,15-,17-;8-,10-,11-,12-/m111011/s1. The van der Waals surface area contributed by atoms with E-state index in [-0.39, 0.29) is 91.7 Å². The summed E-state index contributed by atoms with van der Waals surface area (Å²) in [7, 11) is 0. The number of terminal acetylenes is 6. The molecule has 20 rings (SSSR count). The number of hydrogen-bond donors (Lipinski definition) is 7. The molecular formula is C108H113N5O36. The summed E-state index contributed by atoms with van der Waals surface area (Å²) in [6.45, 7) is 5.57. The normalized spacial score (nSPS) is 34.9. The van der Waals surface area contributed by atoms with Crippen LogP contribution in [0.1, 0.15) is 181 Å². The van der Waals surface area contributed by atoms with E-state index in [4.69, 9.17) is 115 Å². The van der Waals surface area contributed by atoms with Gasteiger partial charge < -0.3 is 107 Å². The molecule has 1 unspecified atom stereocenters. The van der Waals surface area contributed by atoms with Crippen molar-refractivity contribution < 1.29 is 174 Å². The number of amides is 5. The van der Waals surface area contributed by atoms with E-state index in [0.717, 1.165) is 73.4 Å². The molecule has 0 aromatic heterocycles. The van der Waals surface area contributed by atoms with Gasteiger partial charge in [0.1, 0.15) is 42.2 Å². The van der Waals surface area contributed by atoms with Crippen LogP contribution in [0.25, 0.3) is 0 Å². The number of ether oxygens (including phenoxy) is 15. The van der Waals surface area contributed by atoms with Crippen molar-refractivity contribution in [3.8, 4) is 74.1 Å². The minimum absolute atomic E-state index is 0.239. The number of aliphatic hydroxyl groups excluding tert-OH is 5. The molecule has 149 heavy (non-hydrogen) atoms. The molecule has 3 spiro atoms. The molecule has 5 amide bonds. The first-order valence-corrected chi connectivity index (χ1v) is 48.7. The van der Waals surface area contributed by atoms with Gasteiger partial charge in [0.2, 0.25) is 57.5 Å². The van der Waals surface area contributed by atoms with Crippen LogP contribution in [-0.4, -0.2) is 318 Å². The molecule has 3 aromatic carbocycles. The van der Waals surface area contributed by atoms with Crippen molar-refractivity contribution in [2.45, 2.75) is 299 Å². The van der Waals surface area contributed by atoms with Crippen LogP contribution in [0.3, 0.4) is 0 Å². The van der Waals surface area contributed by atoms with E-state index in [2.05, 4.69) is 29.6 Å². The summed E-state index contributed by atoms with van der Waals surface area (Å²) in [5, 5.41) is 68.2. The summed E-state index contributed by atoms with van der Waals surface area (Å²) in [4.78, 5) is 174. The number of carboxylic acid groups (broad SMARTS) is 1. The van der Waals surface area contributed by atoms with Crippen LogP contribution in [0.4, 0.5) is 0 Å². The second-order valence-corrected chi connectivity index (χ2v) is 38.4. The summed E-state index contributed by atoms with van der Waals surface area (Å²) >= 11 is 0. The summed E-state index contributed by atoms with van der Waals surface area (Å²) in [5.41, 5.74) is -9.88. The third kappa shape index (κ3) is 20.4. The number of carbonyl (C=O) groups excluding carboxylic acids is 13. The Labute approximate surface area is 856 Å². The van der Waals surface area contributed by atoms with Gasteiger partial charge in [-0.25, -0.2) is 19.2 Å². The van der Waals surface area contributed by atoms with Gasteiger partial charge in [0, 0.05) is 81.4 Å². The molecule has 14 heterocycles. The monoisotopic (exact) mass is 2060 g/mol. The highest BCUT2D eigenvalue weighted by Crippen LogP contribution is 2.59. The Morgan fingerprint density at radius 2 is 0.738 bits per heavy atom. The van der Waals surface area contributed by atoms with E-state index in [9.17, 15) is 97.8 Å². The molecule has 23 atom stereocenters. The first kappa shape index (κ1) is 110. The zero-order valence-corrected chi connectivity index (χ0v) is 81.7. The van der Waals surface area contributed by atoms with Crippen molar-refractivity contribution in [1.29, 1.82) is 0 Å². The van der Waals surface area contributed by atoms with Crippen molar-refractivity contribution >= 4 is 82.3 Å². The molecule has 9 saturated heterocycles. The molecule has 7 N–H and O–H groups in total. The average molecular weight is 2060 g/mol. The van der Waals surface area contributed by atoms with E-state index >= 15 is 0 Å². The van der Waals surface area contributed by atoms with Crippen LogP contribution >= 0.6 is 0 Å². The number of hydrogen-bond acceptors (Lipinski definition) is 35. The number of rotatable bonds is 18. The second kappa shape index (κ2) is 44.4. The Balaban J connectivity index is 0.000000134. The Kier molecular flexibility index (Phi) is 32.7. The van der Waals surface area contributed by atoms with Crippen LogP contribution in [0.15, 0.2) is 152 Å². The third-order valence-corrected chi connectivity index (χ3v) is 29.3. The molecule has 786 valence electrons. The number of aliphatic hydroxyl groups is 6. The van der Waals surface area contributed by atoms with Gasteiger partial charge in [0.25, 0.3) is 6.29 Å². The Morgan fingerprint density at radius 3 is 1.12 bits per heavy atom. The first-order chi connectivity index (χ1) is 71.3. The molecule has 3 aromatic rings. The minimum atomic E-state index is -2.15. The lowest BCUT2D eigenvalue weighted by Crippen LogP contribution is -2.55. The topological polar surface area (TPSA) is 535 Å². The summed E-state index contributed by atoms with van der Waals surface area (Å²) < 4.78 is 88.5. The number of esters is 3. The van der Waals surface area contributed by atoms with Gasteiger partial charge >= 0.3 is 23.9 Å². The predicted molar refractivity (Wildman–Crippen MR) is 509 cm³/mol. The van der Waals surface area contributed by atoms with E-state index in [1.165, 1.54) is 63.8 Å². The van der Waals surface area contributed by atoms with E-state index in [1.54, 1.807) is 91.0 Å². The first-order valence-electron chi connectivity index (χ1n) is 48.7. The molecule has 3 aliphatic carbocycles. The van der Waals surface area contributed by atoms with Crippen LogP contribution in [0.5, 0.6) is 0 Å². The van der Waals surface area contributed by atoms with Crippen LogP contribution in [-0.2, 0) is 124 Å². The Bertz CT molecular complexity index is 6120. The number of nitrogens with zero attached hydrogens (tertiary/aromatic N) is 5. The largest absolute Gasteiger partial charge is 0.479 e. The van der Waals surface area contributed by atoms with Gasteiger partial charge in [-0.15, -0.1) is 38.5 Å². The van der Waals surface area contributed by atoms with Crippen LogP contribution < -0.4 is 0 Å². The maximum Gasteiger partial charge on any atom is 0.340 e. The molecule has 12 fully saturated rings. The van der Waals surface area contributed by atoms with Crippen molar-refractivity contribution in [2.24, 2.45) is 11.8 Å². The fraction of sp³-hybridized carbons (Fsp3) is 0.500. The number of ketones is 5. The Morgan fingerprint density at radius 1 is 0.396 bits per heavy atom. The summed E-state index contributed by atoms with van der Waals surface area (Å²) in [6, 6.07) is 25.5. The van der Waals surface area contributed by atoms with E-state index < -0.39 is 210 Å². The van der Waals surface area contributed by atoms with Crippen molar-refractivity contribution in [3.05, 3.63) is 169 Å². The molecule has 3 saturated carbocycles.